The van der Waals surface area contributed by atoms with Crippen LogP contribution in [-0.4, -0.2) is 37.5 Å². The molecule has 0 aliphatic heterocycles. The number of hydrogen-bond acceptors (Lipinski definition) is 3. The topological polar surface area (TPSA) is 58.4 Å². The van der Waals surface area contributed by atoms with Gasteiger partial charge in [0, 0.05) is 12.6 Å². The first-order valence-corrected chi connectivity index (χ1v) is 6.17. The summed E-state index contributed by atoms with van der Waals surface area (Å²) in [5.74, 6) is -0.131. The number of carbonyl (C=O) groups is 1. The Labute approximate surface area is 109 Å². The average Bonchev–Trinajstić information content (AvgIpc) is 2.27. The molecule has 3 N–H and O–H groups in total. The second-order valence-electron chi connectivity index (χ2n) is 5.06. The first-order valence-electron chi connectivity index (χ1n) is 6.17. The van der Waals surface area contributed by atoms with Crippen LogP contribution < -0.4 is 11.1 Å². The largest absolute Gasteiger partial charge is 0.351 e. The summed E-state index contributed by atoms with van der Waals surface area (Å²) in [6.45, 7) is 4.78. The summed E-state index contributed by atoms with van der Waals surface area (Å²) in [7, 11) is 3.95. The number of nitrogens with zero attached hydrogens (tertiary/aromatic N) is 1. The molecule has 0 heterocycles. The van der Waals surface area contributed by atoms with Gasteiger partial charge in [-0.1, -0.05) is 29.8 Å². The zero-order chi connectivity index (χ0) is 13.7. The molecule has 4 heteroatoms. The number of rotatable bonds is 5. The molecule has 2 unspecified atom stereocenters. The standard InChI is InChI=1S/C14H23N3O/c1-10-5-7-12(8-6-10)13(15)14(18)16-11(2)9-17(3)4/h5-8,11,13H,9,15H2,1-4H3,(H,16,18). The molecule has 0 saturated heterocycles. The second kappa shape index (κ2) is 6.52. The maximum atomic E-state index is 12.0. The van der Waals surface area contributed by atoms with E-state index >= 15 is 0 Å². The summed E-state index contributed by atoms with van der Waals surface area (Å²) >= 11 is 0. The van der Waals surface area contributed by atoms with Crippen molar-refractivity contribution in [2.45, 2.75) is 25.9 Å². The van der Waals surface area contributed by atoms with Gasteiger partial charge in [0.1, 0.15) is 6.04 Å². The number of amides is 1. The van der Waals surface area contributed by atoms with Crippen molar-refractivity contribution in [2.24, 2.45) is 5.73 Å². The van der Waals surface area contributed by atoms with Gasteiger partial charge in [0.15, 0.2) is 0 Å². The second-order valence-corrected chi connectivity index (χ2v) is 5.06. The number of likely N-dealkylation sites (N-methyl/N-ethyl adjacent to an activating group) is 1. The Bertz CT molecular complexity index is 387. The Kier molecular flexibility index (Phi) is 5.31. The molecule has 4 nitrogen and oxygen atoms in total. The van der Waals surface area contributed by atoms with Gasteiger partial charge in [0.2, 0.25) is 5.91 Å². The van der Waals surface area contributed by atoms with Crippen molar-refractivity contribution >= 4 is 5.91 Å². The molecule has 2 atom stereocenters. The van der Waals surface area contributed by atoms with E-state index < -0.39 is 6.04 Å². The lowest BCUT2D eigenvalue weighted by atomic mass is 10.1. The summed E-state index contributed by atoms with van der Waals surface area (Å²) in [6.07, 6.45) is 0. The van der Waals surface area contributed by atoms with Crippen molar-refractivity contribution in [2.75, 3.05) is 20.6 Å². The lowest BCUT2D eigenvalue weighted by Gasteiger charge is -2.20. The van der Waals surface area contributed by atoms with E-state index in [1.54, 1.807) is 0 Å². The number of hydrogen-bond donors (Lipinski definition) is 2. The van der Waals surface area contributed by atoms with Gasteiger partial charge in [-0.2, -0.15) is 0 Å². The zero-order valence-corrected chi connectivity index (χ0v) is 11.6. The fourth-order valence-corrected chi connectivity index (χ4v) is 1.85. The minimum Gasteiger partial charge on any atom is -0.351 e. The fraction of sp³-hybridized carbons (Fsp3) is 0.500. The van der Waals surface area contributed by atoms with E-state index in [4.69, 9.17) is 5.73 Å². The lowest BCUT2D eigenvalue weighted by Crippen LogP contribution is -2.43. The molecule has 1 rings (SSSR count). The molecule has 0 aliphatic carbocycles. The number of benzene rings is 1. The van der Waals surface area contributed by atoms with Crippen molar-refractivity contribution in [1.82, 2.24) is 10.2 Å². The van der Waals surface area contributed by atoms with E-state index in [9.17, 15) is 4.79 Å². The smallest absolute Gasteiger partial charge is 0.241 e. The van der Waals surface area contributed by atoms with Crippen LogP contribution in [0.2, 0.25) is 0 Å². The monoisotopic (exact) mass is 249 g/mol. The highest BCUT2D eigenvalue weighted by atomic mass is 16.2. The molecular formula is C14H23N3O. The summed E-state index contributed by atoms with van der Waals surface area (Å²) in [4.78, 5) is 14.0. The molecule has 0 spiro atoms. The van der Waals surface area contributed by atoms with Gasteiger partial charge in [0.05, 0.1) is 0 Å². The molecule has 0 aromatic heterocycles. The van der Waals surface area contributed by atoms with E-state index in [-0.39, 0.29) is 11.9 Å². The highest BCUT2D eigenvalue weighted by molar-refractivity contribution is 5.83. The van der Waals surface area contributed by atoms with Crippen LogP contribution in [-0.2, 0) is 4.79 Å². The highest BCUT2D eigenvalue weighted by Gasteiger charge is 2.17. The van der Waals surface area contributed by atoms with Crippen molar-refractivity contribution in [3.8, 4) is 0 Å². The molecule has 0 aliphatic rings. The predicted octanol–water partition coefficient (Wildman–Crippen LogP) is 1.06. The fourth-order valence-electron chi connectivity index (χ4n) is 1.85. The molecular weight excluding hydrogens is 226 g/mol. The Morgan fingerprint density at radius 1 is 1.33 bits per heavy atom. The molecule has 0 saturated carbocycles. The van der Waals surface area contributed by atoms with Crippen LogP contribution in [0.15, 0.2) is 24.3 Å². The molecule has 1 amide bonds. The molecule has 100 valence electrons. The van der Waals surface area contributed by atoms with Crippen molar-refractivity contribution in [3.05, 3.63) is 35.4 Å². The van der Waals surface area contributed by atoms with Crippen LogP contribution in [0.4, 0.5) is 0 Å². The third kappa shape index (κ3) is 4.47. The van der Waals surface area contributed by atoms with Crippen molar-refractivity contribution in [3.63, 3.8) is 0 Å². The van der Waals surface area contributed by atoms with Crippen molar-refractivity contribution in [1.29, 1.82) is 0 Å². The molecule has 1 aromatic rings. The number of nitrogens with one attached hydrogen (secondary N) is 1. The molecule has 1 aromatic carbocycles. The van der Waals surface area contributed by atoms with Gasteiger partial charge in [0.25, 0.3) is 0 Å². The van der Waals surface area contributed by atoms with Gasteiger partial charge >= 0.3 is 0 Å². The Morgan fingerprint density at radius 2 is 1.89 bits per heavy atom. The lowest BCUT2D eigenvalue weighted by molar-refractivity contribution is -0.123. The van der Waals surface area contributed by atoms with E-state index in [0.29, 0.717) is 0 Å². The third-order valence-corrected chi connectivity index (χ3v) is 2.75. The van der Waals surface area contributed by atoms with E-state index in [2.05, 4.69) is 5.32 Å². The third-order valence-electron chi connectivity index (χ3n) is 2.75. The summed E-state index contributed by atoms with van der Waals surface area (Å²) in [5.41, 5.74) is 7.94. The minimum atomic E-state index is -0.602. The summed E-state index contributed by atoms with van der Waals surface area (Å²) in [6, 6.07) is 7.21. The van der Waals surface area contributed by atoms with E-state index in [1.165, 1.54) is 0 Å². The van der Waals surface area contributed by atoms with Crippen LogP contribution in [0, 0.1) is 6.92 Å². The summed E-state index contributed by atoms with van der Waals surface area (Å²) in [5, 5.41) is 2.92. The highest BCUT2D eigenvalue weighted by Crippen LogP contribution is 2.11. The normalized spacial score (nSPS) is 14.3. The molecule has 18 heavy (non-hydrogen) atoms. The first kappa shape index (κ1) is 14.7. The maximum Gasteiger partial charge on any atom is 0.241 e. The Hall–Kier alpha value is -1.39. The van der Waals surface area contributed by atoms with Gasteiger partial charge in [-0.05, 0) is 33.5 Å². The van der Waals surface area contributed by atoms with Crippen LogP contribution >= 0.6 is 0 Å². The minimum absolute atomic E-state index is 0.0870. The van der Waals surface area contributed by atoms with Gasteiger partial charge in [-0.15, -0.1) is 0 Å². The molecule has 0 bridgehead atoms. The van der Waals surface area contributed by atoms with E-state index in [0.717, 1.165) is 17.7 Å². The van der Waals surface area contributed by atoms with Crippen LogP contribution in [0.3, 0.4) is 0 Å². The molecule has 0 fully saturated rings. The van der Waals surface area contributed by atoms with Crippen LogP contribution in [0.5, 0.6) is 0 Å². The van der Waals surface area contributed by atoms with Gasteiger partial charge in [-0.3, -0.25) is 4.79 Å². The van der Waals surface area contributed by atoms with E-state index in [1.807, 2.05) is 57.1 Å². The number of carbonyl (C=O) groups excluding carboxylic acids is 1. The number of nitrogens with two attached hydrogens (primary N) is 1. The molecule has 0 radical (unpaired) electrons. The maximum absolute atomic E-state index is 12.0. The quantitative estimate of drug-likeness (QED) is 0.820. The summed E-state index contributed by atoms with van der Waals surface area (Å²) < 4.78 is 0. The first-order chi connectivity index (χ1) is 8.40. The van der Waals surface area contributed by atoms with Crippen molar-refractivity contribution < 1.29 is 4.79 Å². The van der Waals surface area contributed by atoms with Gasteiger partial charge in [-0.25, -0.2) is 0 Å². The van der Waals surface area contributed by atoms with Crippen LogP contribution in [0.25, 0.3) is 0 Å². The zero-order valence-electron chi connectivity index (χ0n) is 11.6. The van der Waals surface area contributed by atoms with Gasteiger partial charge < -0.3 is 16.0 Å². The predicted molar refractivity (Wildman–Crippen MR) is 74.3 cm³/mol. The Balaban J connectivity index is 2.58. The SMILES string of the molecule is Cc1ccc(C(N)C(=O)NC(C)CN(C)C)cc1. The Morgan fingerprint density at radius 3 is 2.39 bits per heavy atom. The van der Waals surface area contributed by atoms with Crippen LogP contribution in [0.1, 0.15) is 24.1 Å². The average molecular weight is 249 g/mol. The number of aryl methyl sites for hydroxylation is 1.